The molecule has 2 heteroatoms. The van der Waals surface area contributed by atoms with Crippen LogP contribution < -0.4 is 0 Å². The van der Waals surface area contributed by atoms with Gasteiger partial charge in [0.2, 0.25) is 6.29 Å². The molecular formula is C14H8NO. The van der Waals surface area contributed by atoms with Crippen LogP contribution in [-0.2, 0) is 4.79 Å². The molecule has 0 heterocycles. The largest absolute Gasteiger partial charge is 0.285 e. The maximum absolute atomic E-state index is 10.7. The monoisotopic (exact) mass is 206 g/mol. The molecular weight excluding hydrogens is 198 g/mol. The average molecular weight is 206 g/mol. The lowest BCUT2D eigenvalue weighted by atomic mass is 9.97. The van der Waals surface area contributed by atoms with Gasteiger partial charge in [0.25, 0.3) is 0 Å². The van der Waals surface area contributed by atoms with E-state index in [4.69, 9.17) is 5.26 Å². The summed E-state index contributed by atoms with van der Waals surface area (Å²) in [7, 11) is 0. The number of rotatable bonds is 2. The van der Waals surface area contributed by atoms with Gasteiger partial charge in [-0.05, 0) is 11.6 Å². The highest BCUT2D eigenvalue weighted by Gasteiger charge is 2.08. The number of hydrogen-bond donors (Lipinski definition) is 0. The third kappa shape index (κ3) is 1.71. The van der Waals surface area contributed by atoms with Gasteiger partial charge >= 0.3 is 0 Å². The van der Waals surface area contributed by atoms with Crippen molar-refractivity contribution in [3.63, 3.8) is 0 Å². The van der Waals surface area contributed by atoms with E-state index in [9.17, 15) is 4.79 Å². The van der Waals surface area contributed by atoms with Crippen LogP contribution in [0, 0.1) is 11.3 Å². The topological polar surface area (TPSA) is 40.9 Å². The summed E-state index contributed by atoms with van der Waals surface area (Å²) in [5.41, 5.74) is 2.38. The van der Waals surface area contributed by atoms with Crippen LogP contribution in [0.1, 0.15) is 11.1 Å². The molecule has 2 aromatic carbocycles. The fraction of sp³-hybridized carbons (Fsp3) is 0. The summed E-state index contributed by atoms with van der Waals surface area (Å²) in [6.45, 7) is 0. The fourth-order valence-electron chi connectivity index (χ4n) is 1.62. The van der Waals surface area contributed by atoms with Gasteiger partial charge < -0.3 is 0 Å². The van der Waals surface area contributed by atoms with E-state index in [0.29, 0.717) is 11.1 Å². The first kappa shape index (κ1) is 10.1. The van der Waals surface area contributed by atoms with Gasteiger partial charge in [0, 0.05) is 11.1 Å². The maximum atomic E-state index is 10.7. The highest BCUT2D eigenvalue weighted by molar-refractivity contribution is 5.85. The minimum atomic E-state index is 0.309. The molecule has 75 valence electrons. The molecule has 16 heavy (non-hydrogen) atoms. The quantitative estimate of drug-likeness (QED) is 0.757. The number of benzene rings is 2. The van der Waals surface area contributed by atoms with Crippen molar-refractivity contribution in [2.75, 3.05) is 0 Å². The van der Waals surface area contributed by atoms with Crippen LogP contribution >= 0.6 is 0 Å². The Bertz CT molecular complexity index is 553. The fourth-order valence-corrected chi connectivity index (χ4v) is 1.62. The molecule has 0 atom stereocenters. The SMILES string of the molecule is N#Cc1c([C]=O)cccc1-c1ccccc1. The van der Waals surface area contributed by atoms with Gasteiger partial charge in [-0.15, -0.1) is 0 Å². The van der Waals surface area contributed by atoms with E-state index in [1.165, 1.54) is 0 Å². The third-order valence-electron chi connectivity index (χ3n) is 2.37. The Kier molecular flexibility index (Phi) is 2.79. The molecule has 0 aliphatic carbocycles. The first-order valence-electron chi connectivity index (χ1n) is 4.83. The van der Waals surface area contributed by atoms with Crippen molar-refractivity contribution < 1.29 is 4.79 Å². The lowest BCUT2D eigenvalue weighted by Crippen LogP contribution is -1.91. The van der Waals surface area contributed by atoms with Gasteiger partial charge in [-0.1, -0.05) is 42.5 Å². The molecule has 0 spiro atoms. The number of nitriles is 1. The zero-order valence-corrected chi connectivity index (χ0v) is 8.47. The van der Waals surface area contributed by atoms with Crippen molar-refractivity contribution in [2.24, 2.45) is 0 Å². The maximum Gasteiger partial charge on any atom is 0.234 e. The summed E-state index contributed by atoms with van der Waals surface area (Å²) >= 11 is 0. The zero-order chi connectivity index (χ0) is 11.4. The second kappa shape index (κ2) is 4.41. The Hall–Kier alpha value is -2.40. The van der Waals surface area contributed by atoms with E-state index >= 15 is 0 Å². The number of nitrogens with zero attached hydrogens (tertiary/aromatic N) is 1. The van der Waals surface area contributed by atoms with E-state index in [0.717, 1.165) is 11.1 Å². The van der Waals surface area contributed by atoms with Crippen LogP contribution in [0.15, 0.2) is 48.5 Å². The Morgan fingerprint density at radius 3 is 2.31 bits per heavy atom. The van der Waals surface area contributed by atoms with Crippen molar-refractivity contribution >= 4 is 6.29 Å². The van der Waals surface area contributed by atoms with Crippen LogP contribution in [0.4, 0.5) is 0 Å². The Balaban J connectivity index is 2.67. The lowest BCUT2D eigenvalue weighted by Gasteiger charge is -2.05. The molecule has 0 fully saturated rings. The smallest absolute Gasteiger partial charge is 0.234 e. The molecule has 0 bridgehead atoms. The van der Waals surface area contributed by atoms with Crippen molar-refractivity contribution in [3.8, 4) is 17.2 Å². The van der Waals surface area contributed by atoms with E-state index in [1.807, 2.05) is 36.4 Å². The first-order chi connectivity index (χ1) is 7.86. The minimum Gasteiger partial charge on any atom is -0.285 e. The van der Waals surface area contributed by atoms with E-state index in [1.54, 1.807) is 18.4 Å². The summed E-state index contributed by atoms with van der Waals surface area (Å²) in [6, 6.07) is 16.7. The van der Waals surface area contributed by atoms with Crippen LogP contribution in [0.2, 0.25) is 0 Å². The first-order valence-corrected chi connectivity index (χ1v) is 4.83. The molecule has 0 aromatic heterocycles. The van der Waals surface area contributed by atoms with Gasteiger partial charge in [-0.3, -0.25) is 4.79 Å². The highest BCUT2D eigenvalue weighted by Crippen LogP contribution is 2.24. The molecule has 1 radical (unpaired) electrons. The number of carbonyl (C=O) groups excluding carboxylic acids is 1. The zero-order valence-electron chi connectivity index (χ0n) is 8.47. The Morgan fingerprint density at radius 1 is 0.938 bits per heavy atom. The third-order valence-corrected chi connectivity index (χ3v) is 2.37. The van der Waals surface area contributed by atoms with E-state index in [-0.39, 0.29) is 0 Å². The lowest BCUT2D eigenvalue weighted by molar-refractivity contribution is 0.562. The van der Waals surface area contributed by atoms with Gasteiger partial charge in [0.1, 0.15) is 6.07 Å². The molecule has 0 saturated heterocycles. The molecule has 2 rings (SSSR count). The van der Waals surface area contributed by atoms with Gasteiger partial charge in [0.05, 0.1) is 5.56 Å². The van der Waals surface area contributed by atoms with Crippen molar-refractivity contribution in [1.82, 2.24) is 0 Å². The second-order valence-corrected chi connectivity index (χ2v) is 3.31. The molecule has 0 saturated carbocycles. The van der Waals surface area contributed by atoms with Crippen LogP contribution in [0.3, 0.4) is 0 Å². The van der Waals surface area contributed by atoms with E-state index < -0.39 is 0 Å². The Labute approximate surface area is 93.8 Å². The molecule has 2 aromatic rings. The summed E-state index contributed by atoms with van der Waals surface area (Å²) in [6.07, 6.45) is 1.78. The van der Waals surface area contributed by atoms with Gasteiger partial charge in [-0.2, -0.15) is 5.26 Å². The Morgan fingerprint density at radius 2 is 1.69 bits per heavy atom. The molecule has 0 amide bonds. The average Bonchev–Trinajstić information content (AvgIpc) is 2.38. The van der Waals surface area contributed by atoms with Crippen molar-refractivity contribution in [3.05, 3.63) is 59.7 Å². The van der Waals surface area contributed by atoms with Crippen LogP contribution in [0.25, 0.3) is 11.1 Å². The standard InChI is InChI=1S/C14H8NO/c15-9-14-12(10-16)7-4-8-13(14)11-5-2-1-3-6-11/h1-8H. The van der Waals surface area contributed by atoms with Crippen molar-refractivity contribution in [1.29, 1.82) is 5.26 Å². The van der Waals surface area contributed by atoms with Crippen LogP contribution in [0.5, 0.6) is 0 Å². The molecule has 2 nitrogen and oxygen atoms in total. The molecule has 0 aliphatic rings. The molecule has 0 unspecified atom stereocenters. The number of hydrogen-bond acceptors (Lipinski definition) is 2. The van der Waals surface area contributed by atoms with Gasteiger partial charge in [0.15, 0.2) is 0 Å². The van der Waals surface area contributed by atoms with Crippen molar-refractivity contribution in [2.45, 2.75) is 0 Å². The summed E-state index contributed by atoms with van der Waals surface area (Å²) in [5.74, 6) is 0. The minimum absolute atomic E-state index is 0.309. The predicted octanol–water partition coefficient (Wildman–Crippen LogP) is 2.68. The van der Waals surface area contributed by atoms with Crippen LogP contribution in [-0.4, -0.2) is 6.29 Å². The molecule has 0 aliphatic heterocycles. The summed E-state index contributed by atoms with van der Waals surface area (Å²) in [5, 5.41) is 9.06. The van der Waals surface area contributed by atoms with E-state index in [2.05, 4.69) is 6.07 Å². The second-order valence-electron chi connectivity index (χ2n) is 3.31. The predicted molar refractivity (Wildman–Crippen MR) is 61.4 cm³/mol. The molecule has 0 N–H and O–H groups in total. The summed E-state index contributed by atoms with van der Waals surface area (Å²) in [4.78, 5) is 10.7. The normalized spacial score (nSPS) is 9.44. The highest BCUT2D eigenvalue weighted by atomic mass is 16.1. The van der Waals surface area contributed by atoms with Gasteiger partial charge in [-0.25, -0.2) is 0 Å². The summed E-state index contributed by atoms with van der Waals surface area (Å²) < 4.78 is 0.